The number of aromatic carboxylic acids is 1. The standard InChI is InChI=1S/C40H43NO8S/c42-25-27-11-13-29(14-12-27)36-23-33(26-50-34-21-19-30(20-22-34)39(46)47)48-40(49-36)31-17-15-28(16-18-31)35-8-6-5-7-32(35)24-41-37(43)9-3-1-2-4-10-38(44)45/h5-8,11-22,33,36,40,42H,1-4,9-10,23-26H2,(H,41,43)(H,44,45)(H,46,47)/t33-,36+,40+/m0/s1. The molecule has 1 amide bonds. The zero-order valence-corrected chi connectivity index (χ0v) is 28.6. The third-order valence-electron chi connectivity index (χ3n) is 8.68. The number of carbonyl (C=O) groups excluding carboxylic acids is 1. The first-order valence-corrected chi connectivity index (χ1v) is 17.9. The molecule has 1 fully saturated rings. The predicted molar refractivity (Wildman–Crippen MR) is 192 cm³/mol. The van der Waals surface area contributed by atoms with E-state index in [1.807, 2.05) is 84.9 Å². The van der Waals surface area contributed by atoms with E-state index in [0.717, 1.165) is 57.5 Å². The number of benzene rings is 4. The molecule has 0 saturated carbocycles. The van der Waals surface area contributed by atoms with Crippen LogP contribution in [0.15, 0.2) is 102 Å². The summed E-state index contributed by atoms with van der Waals surface area (Å²) in [6, 6.07) is 30.6. The number of carboxylic acids is 2. The summed E-state index contributed by atoms with van der Waals surface area (Å²) in [4.78, 5) is 35.4. The summed E-state index contributed by atoms with van der Waals surface area (Å²) in [5.41, 5.74) is 5.97. The minimum absolute atomic E-state index is 0.0227. The number of aliphatic carboxylic acids is 1. The van der Waals surface area contributed by atoms with Crippen molar-refractivity contribution in [3.63, 3.8) is 0 Å². The minimum Gasteiger partial charge on any atom is -0.481 e. The lowest BCUT2D eigenvalue weighted by Crippen LogP contribution is -2.31. The third kappa shape index (κ3) is 10.8. The number of hydrogen-bond acceptors (Lipinski definition) is 7. The Hall–Kier alpha value is -4.48. The van der Waals surface area contributed by atoms with Gasteiger partial charge in [0.05, 0.1) is 24.4 Å². The molecule has 9 nitrogen and oxygen atoms in total. The van der Waals surface area contributed by atoms with Crippen LogP contribution in [0.2, 0.25) is 0 Å². The van der Waals surface area contributed by atoms with Crippen LogP contribution in [0.5, 0.6) is 0 Å². The van der Waals surface area contributed by atoms with Crippen molar-refractivity contribution in [2.24, 2.45) is 0 Å². The Morgan fingerprint density at radius 1 is 0.760 bits per heavy atom. The first-order valence-electron chi connectivity index (χ1n) is 16.9. The Morgan fingerprint density at radius 3 is 2.12 bits per heavy atom. The van der Waals surface area contributed by atoms with Gasteiger partial charge in [-0.1, -0.05) is 85.6 Å². The fourth-order valence-corrected chi connectivity index (χ4v) is 6.80. The van der Waals surface area contributed by atoms with Crippen LogP contribution in [0, 0.1) is 0 Å². The minimum atomic E-state index is -0.955. The third-order valence-corrected chi connectivity index (χ3v) is 9.83. The molecular weight excluding hydrogens is 655 g/mol. The van der Waals surface area contributed by atoms with E-state index in [9.17, 15) is 24.6 Å². The van der Waals surface area contributed by atoms with Crippen LogP contribution in [0.25, 0.3) is 11.1 Å². The molecule has 0 bridgehead atoms. The van der Waals surface area contributed by atoms with Crippen LogP contribution in [-0.2, 0) is 32.2 Å². The van der Waals surface area contributed by atoms with Crippen molar-refractivity contribution in [3.05, 3.63) is 125 Å². The molecule has 262 valence electrons. The average molecular weight is 698 g/mol. The highest BCUT2D eigenvalue weighted by Gasteiger charge is 2.32. The number of ether oxygens (including phenoxy) is 2. The van der Waals surface area contributed by atoms with E-state index in [1.165, 1.54) is 0 Å². The van der Waals surface area contributed by atoms with Gasteiger partial charge in [-0.15, -0.1) is 11.8 Å². The summed E-state index contributed by atoms with van der Waals surface area (Å²) in [6.07, 6.45) is 3.23. The maximum atomic E-state index is 12.5. The number of rotatable bonds is 17. The maximum Gasteiger partial charge on any atom is 0.335 e. The second-order valence-electron chi connectivity index (χ2n) is 12.4. The molecule has 0 aromatic heterocycles. The molecule has 0 radical (unpaired) electrons. The first kappa shape index (κ1) is 36.8. The van der Waals surface area contributed by atoms with Gasteiger partial charge < -0.3 is 30.1 Å². The number of unbranched alkanes of at least 4 members (excludes halogenated alkanes) is 3. The summed E-state index contributed by atoms with van der Waals surface area (Å²) >= 11 is 1.61. The predicted octanol–water partition coefficient (Wildman–Crippen LogP) is 7.92. The molecule has 1 heterocycles. The van der Waals surface area contributed by atoms with Gasteiger partial charge in [0, 0.05) is 42.0 Å². The van der Waals surface area contributed by atoms with Gasteiger partial charge in [-0.05, 0) is 64.9 Å². The van der Waals surface area contributed by atoms with Gasteiger partial charge in [0.15, 0.2) is 6.29 Å². The first-order chi connectivity index (χ1) is 24.3. The number of aliphatic hydroxyl groups is 1. The van der Waals surface area contributed by atoms with E-state index < -0.39 is 18.2 Å². The molecule has 0 spiro atoms. The summed E-state index contributed by atoms with van der Waals surface area (Å²) in [7, 11) is 0. The molecule has 4 N–H and O–H groups in total. The van der Waals surface area contributed by atoms with Crippen molar-refractivity contribution in [1.82, 2.24) is 5.32 Å². The molecule has 4 aromatic rings. The SMILES string of the molecule is O=C(O)CCCCCCC(=O)NCc1ccccc1-c1ccc([C@@H]2O[C@H](CSc3ccc(C(=O)O)cc3)C[C@H](c3ccc(CO)cc3)O2)cc1. The largest absolute Gasteiger partial charge is 0.481 e. The number of aliphatic hydroxyl groups excluding tert-OH is 1. The number of nitrogens with one attached hydrogen (secondary N) is 1. The van der Waals surface area contributed by atoms with Crippen molar-refractivity contribution in [2.45, 2.75) is 81.5 Å². The van der Waals surface area contributed by atoms with E-state index in [1.54, 1.807) is 23.9 Å². The summed E-state index contributed by atoms with van der Waals surface area (Å²) in [5, 5.41) is 30.5. The van der Waals surface area contributed by atoms with Crippen LogP contribution in [0.4, 0.5) is 0 Å². The van der Waals surface area contributed by atoms with Gasteiger partial charge >= 0.3 is 11.9 Å². The molecule has 0 aliphatic carbocycles. The maximum absolute atomic E-state index is 12.5. The van der Waals surface area contributed by atoms with Gasteiger partial charge in [-0.25, -0.2) is 4.79 Å². The second-order valence-corrected chi connectivity index (χ2v) is 13.4. The Bertz CT molecular complexity index is 1710. The lowest BCUT2D eigenvalue weighted by Gasteiger charge is -2.36. The molecule has 4 aromatic carbocycles. The number of thioether (sulfide) groups is 1. The van der Waals surface area contributed by atoms with Crippen LogP contribution in [0.1, 0.15) is 90.0 Å². The lowest BCUT2D eigenvalue weighted by molar-refractivity contribution is -0.245. The normalized spacial score (nSPS) is 17.3. The van der Waals surface area contributed by atoms with Gasteiger partial charge in [0.1, 0.15) is 0 Å². The van der Waals surface area contributed by atoms with Crippen molar-refractivity contribution >= 4 is 29.6 Å². The number of amides is 1. The molecule has 1 aliphatic rings. The fourth-order valence-electron chi connectivity index (χ4n) is 5.88. The zero-order chi connectivity index (χ0) is 35.3. The smallest absolute Gasteiger partial charge is 0.335 e. The molecule has 10 heteroatoms. The fraction of sp³-hybridized carbons (Fsp3) is 0.325. The van der Waals surface area contributed by atoms with E-state index in [0.29, 0.717) is 31.6 Å². The summed E-state index contributed by atoms with van der Waals surface area (Å²) in [5.74, 6) is -1.11. The summed E-state index contributed by atoms with van der Waals surface area (Å²) in [6.45, 7) is 0.372. The number of hydrogen-bond donors (Lipinski definition) is 4. The molecule has 1 aliphatic heterocycles. The molecular formula is C40H43NO8S. The topological polar surface area (TPSA) is 142 Å². The lowest BCUT2D eigenvalue weighted by atomic mass is 9.97. The Balaban J connectivity index is 1.24. The van der Waals surface area contributed by atoms with Crippen molar-refractivity contribution < 1.29 is 39.2 Å². The monoisotopic (exact) mass is 697 g/mol. The van der Waals surface area contributed by atoms with Crippen LogP contribution >= 0.6 is 11.8 Å². The Morgan fingerprint density at radius 2 is 1.44 bits per heavy atom. The van der Waals surface area contributed by atoms with Gasteiger partial charge in [0.2, 0.25) is 5.91 Å². The Labute approximate surface area is 296 Å². The average Bonchev–Trinajstić information content (AvgIpc) is 3.14. The highest BCUT2D eigenvalue weighted by Crippen LogP contribution is 2.40. The van der Waals surface area contributed by atoms with Crippen LogP contribution in [0.3, 0.4) is 0 Å². The second kappa shape index (κ2) is 18.5. The van der Waals surface area contributed by atoms with Gasteiger partial charge in [0.25, 0.3) is 0 Å². The van der Waals surface area contributed by atoms with Crippen LogP contribution < -0.4 is 5.32 Å². The molecule has 0 unspecified atom stereocenters. The Kier molecular flexibility index (Phi) is 13.6. The molecule has 5 rings (SSSR count). The molecule has 3 atom stereocenters. The highest BCUT2D eigenvalue weighted by molar-refractivity contribution is 7.99. The highest BCUT2D eigenvalue weighted by atomic mass is 32.2. The summed E-state index contributed by atoms with van der Waals surface area (Å²) < 4.78 is 13.0. The van der Waals surface area contributed by atoms with Crippen molar-refractivity contribution in [2.75, 3.05) is 5.75 Å². The van der Waals surface area contributed by atoms with Crippen molar-refractivity contribution in [1.29, 1.82) is 0 Å². The molecule has 1 saturated heterocycles. The number of carbonyl (C=O) groups is 3. The van der Waals surface area contributed by atoms with Crippen molar-refractivity contribution in [3.8, 4) is 11.1 Å². The van der Waals surface area contributed by atoms with E-state index in [2.05, 4.69) is 5.32 Å². The van der Waals surface area contributed by atoms with E-state index >= 15 is 0 Å². The van der Waals surface area contributed by atoms with E-state index in [4.69, 9.17) is 14.6 Å². The van der Waals surface area contributed by atoms with E-state index in [-0.39, 0.29) is 36.7 Å². The number of carboxylic acid groups (broad SMARTS) is 2. The van der Waals surface area contributed by atoms with Gasteiger partial charge in [-0.2, -0.15) is 0 Å². The zero-order valence-electron chi connectivity index (χ0n) is 27.8. The quantitative estimate of drug-likeness (QED) is 0.0639. The van der Waals surface area contributed by atoms with Crippen LogP contribution in [-0.4, -0.2) is 45.0 Å². The van der Waals surface area contributed by atoms with Gasteiger partial charge in [-0.3, -0.25) is 9.59 Å². The molecule has 50 heavy (non-hydrogen) atoms.